The van der Waals surface area contributed by atoms with E-state index in [0.29, 0.717) is 13.0 Å². The number of hydrogen-bond donors (Lipinski definition) is 0. The number of benzene rings is 1. The van der Waals surface area contributed by atoms with E-state index in [2.05, 4.69) is 4.90 Å². The lowest BCUT2D eigenvalue weighted by molar-refractivity contribution is -0.131. The topological polar surface area (TPSA) is 42.0 Å². The largest absolute Gasteiger partial charge is 0.497 e. The van der Waals surface area contributed by atoms with Gasteiger partial charge in [-0.3, -0.25) is 4.79 Å². The summed E-state index contributed by atoms with van der Waals surface area (Å²) in [5, 5.41) is 0. The van der Waals surface area contributed by atoms with Crippen LogP contribution in [0.3, 0.4) is 0 Å². The van der Waals surface area contributed by atoms with Crippen LogP contribution >= 0.6 is 0 Å². The second-order valence-corrected chi connectivity index (χ2v) is 6.72. The Balaban J connectivity index is 1.57. The van der Waals surface area contributed by atoms with Crippen LogP contribution in [-0.4, -0.2) is 68.3 Å². The fourth-order valence-electron chi connectivity index (χ4n) is 3.55. The number of likely N-dealkylation sites (tertiary alicyclic amines) is 1. The minimum atomic E-state index is 0.139. The van der Waals surface area contributed by atoms with Crippen LogP contribution in [0.1, 0.15) is 24.8 Å². The quantitative estimate of drug-likeness (QED) is 0.826. The van der Waals surface area contributed by atoms with Crippen molar-refractivity contribution in [1.82, 2.24) is 9.80 Å². The van der Waals surface area contributed by atoms with Gasteiger partial charge in [-0.25, -0.2) is 0 Å². The molecule has 2 aliphatic rings. The summed E-state index contributed by atoms with van der Waals surface area (Å²) in [7, 11) is 1.65. The molecule has 2 fully saturated rings. The van der Waals surface area contributed by atoms with Crippen LogP contribution in [0.25, 0.3) is 0 Å². The number of carbonyl (C=O) groups is 1. The molecule has 0 spiro atoms. The average Bonchev–Trinajstić information content (AvgIpc) is 2.99. The summed E-state index contributed by atoms with van der Waals surface area (Å²) in [5.41, 5.74) is 1.00. The van der Waals surface area contributed by atoms with Crippen molar-refractivity contribution in [2.24, 2.45) is 0 Å². The number of carbonyl (C=O) groups excluding carboxylic acids is 1. The number of rotatable bonds is 5. The van der Waals surface area contributed by atoms with Gasteiger partial charge in [0.05, 0.1) is 19.6 Å². The van der Waals surface area contributed by atoms with Gasteiger partial charge in [-0.1, -0.05) is 12.1 Å². The van der Waals surface area contributed by atoms with E-state index < -0.39 is 0 Å². The fourth-order valence-corrected chi connectivity index (χ4v) is 3.55. The van der Waals surface area contributed by atoms with Gasteiger partial charge >= 0.3 is 0 Å². The number of hydrogen-bond acceptors (Lipinski definition) is 4. The number of ether oxygens (including phenoxy) is 2. The Morgan fingerprint density at radius 2 is 2.08 bits per heavy atom. The summed E-state index contributed by atoms with van der Waals surface area (Å²) in [6, 6.07) is 7.76. The third kappa shape index (κ3) is 4.71. The maximum Gasteiger partial charge on any atom is 0.227 e. The Morgan fingerprint density at radius 3 is 2.88 bits per heavy atom. The average molecular weight is 332 g/mol. The van der Waals surface area contributed by atoms with Gasteiger partial charge in [0, 0.05) is 26.2 Å². The van der Waals surface area contributed by atoms with Crippen LogP contribution in [-0.2, 0) is 16.0 Å². The predicted octanol–water partition coefficient (Wildman–Crippen LogP) is 1.95. The summed E-state index contributed by atoms with van der Waals surface area (Å²) < 4.78 is 11.2. The second-order valence-electron chi connectivity index (χ2n) is 6.72. The van der Waals surface area contributed by atoms with E-state index in [-0.39, 0.29) is 12.0 Å². The molecule has 1 atom stereocenters. The van der Waals surface area contributed by atoms with Crippen molar-refractivity contribution in [2.45, 2.75) is 31.8 Å². The number of nitrogens with zero attached hydrogens (tertiary/aromatic N) is 2. The highest BCUT2D eigenvalue weighted by Crippen LogP contribution is 2.16. The van der Waals surface area contributed by atoms with Gasteiger partial charge < -0.3 is 19.3 Å². The Kier molecular flexibility index (Phi) is 6.10. The molecule has 0 bridgehead atoms. The lowest BCUT2D eigenvalue weighted by atomic mass is 10.1. The van der Waals surface area contributed by atoms with Crippen molar-refractivity contribution in [3.63, 3.8) is 0 Å². The van der Waals surface area contributed by atoms with Crippen molar-refractivity contribution >= 4 is 5.91 Å². The summed E-state index contributed by atoms with van der Waals surface area (Å²) in [6.07, 6.45) is 4.05. The van der Waals surface area contributed by atoms with Crippen LogP contribution in [0.15, 0.2) is 24.3 Å². The van der Waals surface area contributed by atoms with Crippen molar-refractivity contribution < 1.29 is 14.3 Å². The minimum Gasteiger partial charge on any atom is -0.497 e. The smallest absolute Gasteiger partial charge is 0.227 e. The third-order valence-corrected chi connectivity index (χ3v) is 4.85. The zero-order valence-electron chi connectivity index (χ0n) is 14.6. The van der Waals surface area contributed by atoms with E-state index in [1.54, 1.807) is 7.11 Å². The molecular weight excluding hydrogens is 304 g/mol. The van der Waals surface area contributed by atoms with E-state index in [9.17, 15) is 4.79 Å². The molecule has 0 saturated carbocycles. The minimum absolute atomic E-state index is 0.139. The van der Waals surface area contributed by atoms with Crippen molar-refractivity contribution in [3.05, 3.63) is 29.8 Å². The molecule has 3 rings (SSSR count). The van der Waals surface area contributed by atoms with Crippen molar-refractivity contribution in [2.75, 3.05) is 46.4 Å². The van der Waals surface area contributed by atoms with E-state index in [4.69, 9.17) is 9.47 Å². The van der Waals surface area contributed by atoms with Crippen LogP contribution in [0, 0.1) is 0 Å². The first kappa shape index (κ1) is 17.2. The zero-order valence-corrected chi connectivity index (χ0v) is 14.6. The summed E-state index contributed by atoms with van der Waals surface area (Å²) >= 11 is 0. The van der Waals surface area contributed by atoms with Gasteiger partial charge in [-0.05, 0) is 50.0 Å². The Bertz CT molecular complexity index is 543. The monoisotopic (exact) mass is 332 g/mol. The summed E-state index contributed by atoms with van der Waals surface area (Å²) in [5.74, 6) is 0.978. The molecular formula is C19H28N2O3. The molecule has 0 radical (unpaired) electrons. The van der Waals surface area contributed by atoms with Gasteiger partial charge in [0.25, 0.3) is 0 Å². The molecule has 0 N–H and O–H groups in total. The number of methoxy groups -OCH3 is 1. The first-order valence-corrected chi connectivity index (χ1v) is 8.99. The molecule has 5 nitrogen and oxygen atoms in total. The number of amides is 1. The van der Waals surface area contributed by atoms with Gasteiger partial charge in [-0.15, -0.1) is 0 Å². The molecule has 0 aromatic heterocycles. The lowest BCUT2D eigenvalue weighted by Crippen LogP contribution is -2.42. The summed E-state index contributed by atoms with van der Waals surface area (Å²) in [6.45, 7) is 5.53. The molecule has 2 saturated heterocycles. The molecule has 1 aromatic rings. The van der Waals surface area contributed by atoms with Crippen molar-refractivity contribution in [1.29, 1.82) is 0 Å². The highest BCUT2D eigenvalue weighted by Gasteiger charge is 2.25. The molecule has 2 heterocycles. The van der Waals surface area contributed by atoms with Gasteiger partial charge in [-0.2, -0.15) is 0 Å². The third-order valence-electron chi connectivity index (χ3n) is 4.85. The van der Waals surface area contributed by atoms with Gasteiger partial charge in [0.1, 0.15) is 5.75 Å². The van der Waals surface area contributed by atoms with E-state index >= 15 is 0 Å². The maximum atomic E-state index is 12.7. The highest BCUT2D eigenvalue weighted by atomic mass is 16.5. The standard InChI is InChI=1S/C19H28N2O3/c1-23-17-7-4-6-16(12-17)13-19(22)21-10-5-11-24-18(15-21)14-20-8-2-3-9-20/h4,6-7,12,18H,2-3,5,8-11,13-15H2,1H3/t18-/m0/s1. The molecule has 24 heavy (non-hydrogen) atoms. The Morgan fingerprint density at radius 1 is 1.25 bits per heavy atom. The zero-order chi connectivity index (χ0) is 16.8. The van der Waals surface area contributed by atoms with E-state index in [0.717, 1.165) is 50.5 Å². The summed E-state index contributed by atoms with van der Waals surface area (Å²) in [4.78, 5) is 17.2. The molecule has 2 aliphatic heterocycles. The normalized spacial score (nSPS) is 22.4. The van der Waals surface area contributed by atoms with Crippen LogP contribution < -0.4 is 4.74 Å². The molecule has 132 valence electrons. The van der Waals surface area contributed by atoms with Gasteiger partial charge in [0.2, 0.25) is 5.91 Å². The Hall–Kier alpha value is -1.59. The van der Waals surface area contributed by atoms with E-state index in [1.165, 1.54) is 12.8 Å². The lowest BCUT2D eigenvalue weighted by Gasteiger charge is -2.27. The predicted molar refractivity (Wildman–Crippen MR) is 93.3 cm³/mol. The van der Waals surface area contributed by atoms with E-state index in [1.807, 2.05) is 29.2 Å². The molecule has 5 heteroatoms. The molecule has 1 aromatic carbocycles. The first-order valence-electron chi connectivity index (χ1n) is 8.99. The highest BCUT2D eigenvalue weighted by molar-refractivity contribution is 5.79. The van der Waals surface area contributed by atoms with Crippen LogP contribution in [0.4, 0.5) is 0 Å². The van der Waals surface area contributed by atoms with Crippen molar-refractivity contribution in [3.8, 4) is 5.75 Å². The fraction of sp³-hybridized carbons (Fsp3) is 0.632. The Labute approximate surface area is 144 Å². The maximum absolute atomic E-state index is 12.7. The second kappa shape index (κ2) is 8.49. The van der Waals surface area contributed by atoms with Crippen LogP contribution in [0.2, 0.25) is 0 Å². The van der Waals surface area contributed by atoms with Gasteiger partial charge in [0.15, 0.2) is 0 Å². The van der Waals surface area contributed by atoms with Crippen LogP contribution in [0.5, 0.6) is 5.75 Å². The molecule has 1 amide bonds. The molecule has 0 aliphatic carbocycles. The first-order chi connectivity index (χ1) is 11.7. The SMILES string of the molecule is COc1cccc(CC(=O)N2CCCO[C@@H](CN3CCCC3)C2)c1. The molecule has 0 unspecified atom stereocenters.